The second-order valence-electron chi connectivity index (χ2n) is 10.0. The van der Waals surface area contributed by atoms with Crippen molar-refractivity contribution in [3.05, 3.63) is 12.3 Å². The number of likely N-dealkylation sites (tertiary alicyclic amines) is 1. The third-order valence-electron chi connectivity index (χ3n) is 7.25. The molecule has 0 aromatic rings. The highest BCUT2D eigenvalue weighted by Crippen LogP contribution is 2.28. The number of aliphatic hydroxyl groups is 4. The van der Waals surface area contributed by atoms with Gasteiger partial charge in [0.1, 0.15) is 30.5 Å². The molecule has 2 saturated heterocycles. The van der Waals surface area contributed by atoms with Crippen molar-refractivity contribution < 1.29 is 44.2 Å². The number of unbranched alkanes of at least 4 members (excludes halogenated alkanes) is 2. The molecule has 206 valence electrons. The summed E-state index contributed by atoms with van der Waals surface area (Å²) < 4.78 is 17.0. The van der Waals surface area contributed by atoms with E-state index in [4.69, 9.17) is 14.2 Å². The normalized spacial score (nSPS) is 33.0. The van der Waals surface area contributed by atoms with Gasteiger partial charge in [0.15, 0.2) is 6.29 Å². The molecule has 11 heteroatoms. The number of ether oxygens (including phenoxy) is 3. The Morgan fingerprint density at radius 1 is 1.11 bits per heavy atom. The van der Waals surface area contributed by atoms with Crippen molar-refractivity contribution in [2.45, 2.75) is 101 Å². The number of hydrogen-bond acceptors (Lipinski definition) is 9. The number of nitrogens with one attached hydrogen (secondary N) is 1. The molecule has 0 bridgehead atoms. The second kappa shape index (κ2) is 14.3. The molecule has 36 heavy (non-hydrogen) atoms. The Kier molecular flexibility index (Phi) is 11.4. The summed E-state index contributed by atoms with van der Waals surface area (Å²) >= 11 is 0. The van der Waals surface area contributed by atoms with Crippen LogP contribution >= 0.6 is 0 Å². The van der Waals surface area contributed by atoms with Gasteiger partial charge in [-0.2, -0.15) is 0 Å². The SMILES string of the molecule is CC(=O)NC1C(OCCCCCC(=O)N2C[C@H](O/C=C\C3CCC3)C[C@H]2CO)OC(CO)C(O)C1O. The summed E-state index contributed by atoms with van der Waals surface area (Å²) in [5, 5.41) is 42.0. The molecule has 3 rings (SSSR count). The molecule has 11 nitrogen and oxygen atoms in total. The van der Waals surface area contributed by atoms with Crippen LogP contribution in [-0.2, 0) is 23.8 Å². The van der Waals surface area contributed by atoms with Crippen LogP contribution in [0.5, 0.6) is 0 Å². The molecule has 7 atom stereocenters. The van der Waals surface area contributed by atoms with Gasteiger partial charge in [0.2, 0.25) is 11.8 Å². The smallest absolute Gasteiger partial charge is 0.223 e. The van der Waals surface area contributed by atoms with Crippen LogP contribution in [0.2, 0.25) is 0 Å². The molecule has 2 amide bonds. The van der Waals surface area contributed by atoms with Crippen LogP contribution in [0.3, 0.4) is 0 Å². The zero-order valence-electron chi connectivity index (χ0n) is 21.0. The third kappa shape index (κ3) is 7.87. The van der Waals surface area contributed by atoms with E-state index < -0.39 is 43.2 Å². The number of aliphatic hydroxyl groups excluding tert-OH is 4. The lowest BCUT2D eigenvalue weighted by atomic mass is 9.86. The number of carbonyl (C=O) groups is 2. The largest absolute Gasteiger partial charge is 0.496 e. The molecule has 3 aliphatic rings. The van der Waals surface area contributed by atoms with Crippen LogP contribution in [0.4, 0.5) is 0 Å². The maximum atomic E-state index is 12.7. The molecule has 5 N–H and O–H groups in total. The fraction of sp³-hybridized carbons (Fsp3) is 0.840. The van der Waals surface area contributed by atoms with Crippen molar-refractivity contribution >= 4 is 11.8 Å². The quantitative estimate of drug-likeness (QED) is 0.166. The molecule has 0 spiro atoms. The van der Waals surface area contributed by atoms with Gasteiger partial charge in [-0.1, -0.05) is 12.8 Å². The Morgan fingerprint density at radius 2 is 1.89 bits per heavy atom. The summed E-state index contributed by atoms with van der Waals surface area (Å²) in [5.41, 5.74) is 0. The Bertz CT molecular complexity index is 732. The second-order valence-corrected chi connectivity index (χ2v) is 10.0. The van der Waals surface area contributed by atoms with Gasteiger partial charge in [-0.25, -0.2) is 0 Å². The zero-order chi connectivity index (χ0) is 26.1. The van der Waals surface area contributed by atoms with E-state index in [1.165, 1.54) is 26.2 Å². The van der Waals surface area contributed by atoms with Crippen molar-refractivity contribution in [3.8, 4) is 0 Å². The van der Waals surface area contributed by atoms with E-state index in [1.54, 1.807) is 11.2 Å². The van der Waals surface area contributed by atoms with Crippen LogP contribution in [0.15, 0.2) is 12.3 Å². The van der Waals surface area contributed by atoms with Crippen molar-refractivity contribution in [1.82, 2.24) is 10.2 Å². The molecular weight excluding hydrogens is 472 g/mol. The first-order valence-corrected chi connectivity index (χ1v) is 13.1. The van der Waals surface area contributed by atoms with E-state index >= 15 is 0 Å². The van der Waals surface area contributed by atoms with Gasteiger partial charge >= 0.3 is 0 Å². The number of nitrogens with zero attached hydrogens (tertiary/aromatic N) is 1. The van der Waals surface area contributed by atoms with Gasteiger partial charge in [0.25, 0.3) is 0 Å². The maximum Gasteiger partial charge on any atom is 0.223 e. The molecule has 1 aliphatic carbocycles. The first-order valence-electron chi connectivity index (χ1n) is 13.1. The van der Waals surface area contributed by atoms with Crippen molar-refractivity contribution in [2.75, 3.05) is 26.4 Å². The first kappa shape index (κ1) is 28.8. The molecule has 2 heterocycles. The van der Waals surface area contributed by atoms with Crippen LogP contribution in [0.1, 0.15) is 58.3 Å². The highest BCUT2D eigenvalue weighted by atomic mass is 16.7. The molecular formula is C25H42N2O9. The lowest BCUT2D eigenvalue weighted by Gasteiger charge is -2.42. The van der Waals surface area contributed by atoms with Gasteiger partial charge in [-0.3, -0.25) is 9.59 Å². The predicted molar refractivity (Wildman–Crippen MR) is 128 cm³/mol. The predicted octanol–water partition coefficient (Wildman–Crippen LogP) is -0.201. The van der Waals surface area contributed by atoms with E-state index in [2.05, 4.69) is 11.4 Å². The summed E-state index contributed by atoms with van der Waals surface area (Å²) in [4.78, 5) is 25.9. The summed E-state index contributed by atoms with van der Waals surface area (Å²) in [6.45, 7) is 1.43. The molecule has 0 aromatic carbocycles. The fourth-order valence-corrected chi connectivity index (χ4v) is 4.86. The van der Waals surface area contributed by atoms with Crippen LogP contribution in [0.25, 0.3) is 0 Å². The van der Waals surface area contributed by atoms with Gasteiger partial charge in [-0.05, 0) is 37.7 Å². The summed E-state index contributed by atoms with van der Waals surface area (Å²) in [6, 6.07) is -1.19. The first-order chi connectivity index (χ1) is 17.3. The molecule has 2 aliphatic heterocycles. The minimum Gasteiger partial charge on any atom is -0.496 e. The van der Waals surface area contributed by atoms with Crippen LogP contribution in [0, 0.1) is 5.92 Å². The van der Waals surface area contributed by atoms with E-state index in [1.807, 2.05) is 0 Å². The number of hydrogen-bond donors (Lipinski definition) is 5. The highest BCUT2D eigenvalue weighted by molar-refractivity contribution is 5.77. The zero-order valence-corrected chi connectivity index (χ0v) is 21.0. The van der Waals surface area contributed by atoms with Crippen LogP contribution in [-0.4, -0.2) is 106 Å². The van der Waals surface area contributed by atoms with E-state index in [-0.39, 0.29) is 31.3 Å². The van der Waals surface area contributed by atoms with E-state index in [0.29, 0.717) is 44.6 Å². The Balaban J connectivity index is 1.35. The van der Waals surface area contributed by atoms with E-state index in [0.717, 1.165) is 0 Å². The molecule has 0 aromatic heterocycles. The summed E-state index contributed by atoms with van der Waals surface area (Å²) in [6.07, 6.45) is 5.64. The monoisotopic (exact) mass is 514 g/mol. The molecule has 1 saturated carbocycles. The maximum absolute atomic E-state index is 12.7. The van der Waals surface area contributed by atoms with Gasteiger partial charge < -0.3 is 44.9 Å². The minimum absolute atomic E-state index is 0.00623. The Labute approximate surface area is 212 Å². The molecule has 3 fully saturated rings. The average molecular weight is 515 g/mol. The standard InChI is InChI=1S/C25H42N2O9/c1-16(30)26-22-24(33)23(32)20(15-29)36-25(22)35-10-4-2-3-8-21(31)27-13-19(12-18(27)14-28)34-11-9-17-6-5-7-17/h9,11,17-20,22-25,28-29,32-33H,2-8,10,12-15H2,1H3,(H,26,30)/b11-9-/t18-,19+,20?,22?,23?,24?,25?/m0/s1. The number of amides is 2. The average Bonchev–Trinajstić information content (AvgIpc) is 3.25. The van der Waals surface area contributed by atoms with Crippen molar-refractivity contribution in [2.24, 2.45) is 5.92 Å². The van der Waals surface area contributed by atoms with E-state index in [9.17, 15) is 30.0 Å². The topological polar surface area (TPSA) is 158 Å². The lowest BCUT2D eigenvalue weighted by Crippen LogP contribution is -2.64. The number of rotatable bonds is 13. The molecule has 0 radical (unpaired) electrons. The fourth-order valence-electron chi connectivity index (χ4n) is 4.86. The number of allylic oxidation sites excluding steroid dienone is 1. The lowest BCUT2D eigenvalue weighted by molar-refractivity contribution is -0.270. The van der Waals surface area contributed by atoms with Crippen LogP contribution < -0.4 is 5.32 Å². The van der Waals surface area contributed by atoms with Gasteiger partial charge in [-0.15, -0.1) is 0 Å². The highest BCUT2D eigenvalue weighted by Gasteiger charge is 2.45. The summed E-state index contributed by atoms with van der Waals surface area (Å²) in [5.74, 6) is 0.193. The van der Waals surface area contributed by atoms with Gasteiger partial charge in [0, 0.05) is 26.4 Å². The van der Waals surface area contributed by atoms with Crippen molar-refractivity contribution in [1.29, 1.82) is 0 Å². The molecule has 5 unspecified atom stereocenters. The minimum atomic E-state index is -1.35. The Hall–Kier alpha value is -1.76. The Morgan fingerprint density at radius 3 is 2.53 bits per heavy atom. The third-order valence-corrected chi connectivity index (χ3v) is 7.25. The van der Waals surface area contributed by atoms with Gasteiger partial charge in [0.05, 0.1) is 32.1 Å². The number of carbonyl (C=O) groups excluding carboxylic acids is 2. The van der Waals surface area contributed by atoms with Crippen molar-refractivity contribution in [3.63, 3.8) is 0 Å². The summed E-state index contributed by atoms with van der Waals surface area (Å²) in [7, 11) is 0.